The van der Waals surface area contributed by atoms with Crippen LogP contribution in [0.4, 0.5) is 0 Å². The summed E-state index contributed by atoms with van der Waals surface area (Å²) in [7, 11) is 0. The molecule has 3 saturated carbocycles. The molecule has 0 amide bonds. The monoisotopic (exact) mass is 235 g/mol. The Hall–Kier alpha value is -0.0400. The lowest BCUT2D eigenvalue weighted by molar-refractivity contribution is 0.0668. The normalized spacial score (nSPS) is 42.2. The molecule has 1 nitrogen and oxygen atoms in total. The maximum absolute atomic E-state index is 3.75. The third kappa shape index (κ3) is 2.86. The largest absolute Gasteiger partial charge is 0.314 e. The van der Waals surface area contributed by atoms with Crippen LogP contribution in [-0.4, -0.2) is 12.6 Å². The zero-order chi connectivity index (χ0) is 11.7. The molecule has 2 unspecified atom stereocenters. The third-order valence-corrected chi connectivity index (χ3v) is 5.80. The van der Waals surface area contributed by atoms with Crippen molar-refractivity contribution in [3.05, 3.63) is 0 Å². The summed E-state index contributed by atoms with van der Waals surface area (Å²) in [6.07, 6.45) is 13.5. The van der Waals surface area contributed by atoms with E-state index in [2.05, 4.69) is 12.2 Å². The number of nitrogens with one attached hydrogen (secondary N) is 1. The second kappa shape index (κ2) is 5.30. The molecule has 2 atom stereocenters. The topological polar surface area (TPSA) is 12.0 Å². The molecule has 3 aliphatic rings. The van der Waals surface area contributed by atoms with Crippen LogP contribution in [0.2, 0.25) is 0 Å². The highest BCUT2D eigenvalue weighted by atomic mass is 14.9. The highest BCUT2D eigenvalue weighted by Gasteiger charge is 2.38. The van der Waals surface area contributed by atoms with Crippen LogP contribution in [0, 0.1) is 23.7 Å². The molecule has 17 heavy (non-hydrogen) atoms. The van der Waals surface area contributed by atoms with Crippen LogP contribution in [-0.2, 0) is 0 Å². The summed E-state index contributed by atoms with van der Waals surface area (Å²) in [6, 6.07) is 0.909. The summed E-state index contributed by atoms with van der Waals surface area (Å²) in [6.45, 7) is 3.71. The Balaban J connectivity index is 1.41. The zero-order valence-corrected chi connectivity index (χ0v) is 11.5. The lowest BCUT2D eigenvalue weighted by atomic mass is 9.62. The highest BCUT2D eigenvalue weighted by molar-refractivity contribution is 4.91. The number of hydrogen-bond donors (Lipinski definition) is 1. The van der Waals surface area contributed by atoms with Crippen molar-refractivity contribution in [2.75, 3.05) is 6.54 Å². The Morgan fingerprint density at radius 2 is 1.65 bits per heavy atom. The van der Waals surface area contributed by atoms with Gasteiger partial charge in [0.05, 0.1) is 0 Å². The molecule has 3 aliphatic carbocycles. The maximum Gasteiger partial charge on any atom is 0.00683 e. The van der Waals surface area contributed by atoms with Crippen LogP contribution >= 0.6 is 0 Å². The molecule has 0 aromatic carbocycles. The predicted octanol–water partition coefficient (Wildman–Crippen LogP) is 3.98. The van der Waals surface area contributed by atoms with Gasteiger partial charge in [0.25, 0.3) is 0 Å². The van der Waals surface area contributed by atoms with Gasteiger partial charge in [-0.25, -0.2) is 0 Å². The lowest BCUT2D eigenvalue weighted by Crippen LogP contribution is -2.40. The third-order valence-electron chi connectivity index (χ3n) is 5.80. The van der Waals surface area contributed by atoms with Gasteiger partial charge in [0, 0.05) is 6.04 Å². The fourth-order valence-electron chi connectivity index (χ4n) is 4.10. The van der Waals surface area contributed by atoms with Gasteiger partial charge in [-0.15, -0.1) is 0 Å². The molecular weight excluding hydrogens is 206 g/mol. The molecule has 3 fully saturated rings. The fourth-order valence-corrected chi connectivity index (χ4v) is 4.10. The molecular formula is C16H29N. The van der Waals surface area contributed by atoms with Gasteiger partial charge in [0.1, 0.15) is 0 Å². The molecule has 1 heteroatoms. The summed E-state index contributed by atoms with van der Waals surface area (Å²) in [5.74, 6) is 4.30. The van der Waals surface area contributed by atoms with Crippen molar-refractivity contribution in [3.63, 3.8) is 0 Å². The van der Waals surface area contributed by atoms with Crippen molar-refractivity contribution in [1.29, 1.82) is 0 Å². The maximum atomic E-state index is 3.75. The molecule has 0 aromatic rings. The first kappa shape index (κ1) is 12.0. The number of hydrogen-bond acceptors (Lipinski definition) is 1. The van der Waals surface area contributed by atoms with Crippen molar-refractivity contribution < 1.29 is 0 Å². The Kier molecular flexibility index (Phi) is 3.75. The molecule has 0 bridgehead atoms. The molecule has 1 N–H and O–H groups in total. The molecule has 0 radical (unpaired) electrons. The quantitative estimate of drug-likeness (QED) is 0.760. The smallest absolute Gasteiger partial charge is 0.00683 e. The van der Waals surface area contributed by atoms with E-state index < -0.39 is 0 Å². The average Bonchev–Trinajstić information content (AvgIpc) is 3.13. The lowest BCUT2D eigenvalue weighted by Gasteiger charge is -2.45. The highest BCUT2D eigenvalue weighted by Crippen LogP contribution is 2.46. The zero-order valence-electron chi connectivity index (χ0n) is 11.5. The van der Waals surface area contributed by atoms with Crippen LogP contribution in [0.1, 0.15) is 64.7 Å². The van der Waals surface area contributed by atoms with Gasteiger partial charge in [-0.3, -0.25) is 0 Å². The minimum absolute atomic E-state index is 0.909. The van der Waals surface area contributed by atoms with Crippen LogP contribution in [0.15, 0.2) is 0 Å². The molecule has 3 rings (SSSR count). The second-order valence-electron chi connectivity index (χ2n) is 6.87. The SMILES string of the molecule is CCC1CCC(C2CCC2CNC2CC2)CC1. The van der Waals surface area contributed by atoms with Gasteiger partial charge < -0.3 is 5.32 Å². The van der Waals surface area contributed by atoms with E-state index in [0.29, 0.717) is 0 Å². The van der Waals surface area contributed by atoms with E-state index in [9.17, 15) is 0 Å². The van der Waals surface area contributed by atoms with Gasteiger partial charge >= 0.3 is 0 Å². The molecule has 0 aromatic heterocycles. The first-order chi connectivity index (χ1) is 8.36. The molecule has 0 heterocycles. The van der Waals surface area contributed by atoms with Crippen molar-refractivity contribution in [2.45, 2.75) is 70.8 Å². The van der Waals surface area contributed by atoms with E-state index in [0.717, 1.165) is 29.7 Å². The Morgan fingerprint density at radius 3 is 2.18 bits per heavy atom. The van der Waals surface area contributed by atoms with Crippen LogP contribution in [0.5, 0.6) is 0 Å². The predicted molar refractivity (Wildman–Crippen MR) is 73.0 cm³/mol. The van der Waals surface area contributed by atoms with E-state index in [4.69, 9.17) is 0 Å². The first-order valence-corrected chi connectivity index (χ1v) is 8.10. The molecule has 0 saturated heterocycles. The van der Waals surface area contributed by atoms with Crippen molar-refractivity contribution in [2.24, 2.45) is 23.7 Å². The standard InChI is InChI=1S/C16H29N/c1-2-12-3-5-13(6-4-12)16-10-7-14(16)11-17-15-8-9-15/h12-17H,2-11H2,1H3. The molecule has 98 valence electrons. The summed E-state index contributed by atoms with van der Waals surface area (Å²) < 4.78 is 0. The van der Waals surface area contributed by atoms with Gasteiger partial charge in [0.2, 0.25) is 0 Å². The minimum atomic E-state index is 0.909. The van der Waals surface area contributed by atoms with Crippen LogP contribution in [0.25, 0.3) is 0 Å². The average molecular weight is 235 g/mol. The number of rotatable bonds is 5. The van der Waals surface area contributed by atoms with E-state index in [1.54, 1.807) is 19.3 Å². The van der Waals surface area contributed by atoms with Crippen LogP contribution < -0.4 is 5.32 Å². The van der Waals surface area contributed by atoms with E-state index >= 15 is 0 Å². The van der Waals surface area contributed by atoms with Gasteiger partial charge in [0.15, 0.2) is 0 Å². The molecule has 0 aliphatic heterocycles. The molecule has 0 spiro atoms. The Bertz CT molecular complexity index is 238. The van der Waals surface area contributed by atoms with E-state index in [1.165, 1.54) is 45.1 Å². The van der Waals surface area contributed by atoms with E-state index in [1.807, 2.05) is 0 Å². The Morgan fingerprint density at radius 1 is 0.882 bits per heavy atom. The second-order valence-corrected chi connectivity index (χ2v) is 6.87. The van der Waals surface area contributed by atoms with Gasteiger partial charge in [-0.1, -0.05) is 26.2 Å². The van der Waals surface area contributed by atoms with E-state index in [-0.39, 0.29) is 0 Å². The first-order valence-electron chi connectivity index (χ1n) is 8.10. The Labute approximate surface area is 107 Å². The van der Waals surface area contributed by atoms with Crippen molar-refractivity contribution >= 4 is 0 Å². The summed E-state index contributed by atoms with van der Waals surface area (Å²) in [5, 5.41) is 3.75. The summed E-state index contributed by atoms with van der Waals surface area (Å²) in [5.41, 5.74) is 0. The van der Waals surface area contributed by atoms with Crippen molar-refractivity contribution in [3.8, 4) is 0 Å². The van der Waals surface area contributed by atoms with Crippen LogP contribution in [0.3, 0.4) is 0 Å². The van der Waals surface area contributed by atoms with Gasteiger partial charge in [-0.05, 0) is 68.7 Å². The minimum Gasteiger partial charge on any atom is -0.314 e. The van der Waals surface area contributed by atoms with Crippen molar-refractivity contribution in [1.82, 2.24) is 5.32 Å². The fraction of sp³-hybridized carbons (Fsp3) is 1.00. The van der Waals surface area contributed by atoms with Gasteiger partial charge in [-0.2, -0.15) is 0 Å². The summed E-state index contributed by atoms with van der Waals surface area (Å²) >= 11 is 0. The summed E-state index contributed by atoms with van der Waals surface area (Å²) in [4.78, 5) is 0.